The molecule has 2 saturated heterocycles. The smallest absolute Gasteiger partial charge is 0.415 e. The first-order chi connectivity index (χ1) is 18.4. The fourth-order valence-electron chi connectivity index (χ4n) is 5.40. The minimum Gasteiger partial charge on any atom is -0.443 e. The first kappa shape index (κ1) is 24.9. The third-order valence-corrected chi connectivity index (χ3v) is 7.10. The van der Waals surface area contributed by atoms with Crippen LogP contribution in [0.3, 0.4) is 0 Å². The molecule has 4 heterocycles. The van der Waals surface area contributed by atoms with Gasteiger partial charge >= 0.3 is 12.1 Å². The molecule has 3 aromatic rings. The summed E-state index contributed by atoms with van der Waals surface area (Å²) in [5.74, 6) is -1.92. The number of aromatic amines is 1. The van der Waals surface area contributed by atoms with Crippen molar-refractivity contribution in [2.45, 2.75) is 44.0 Å². The van der Waals surface area contributed by atoms with Gasteiger partial charge < -0.3 is 15.4 Å². The van der Waals surface area contributed by atoms with Crippen LogP contribution in [0.4, 0.5) is 24.1 Å². The largest absolute Gasteiger partial charge is 0.443 e. The van der Waals surface area contributed by atoms with Gasteiger partial charge in [0.25, 0.3) is 11.5 Å². The van der Waals surface area contributed by atoms with Crippen LogP contribution in [0.15, 0.2) is 41.2 Å². The summed E-state index contributed by atoms with van der Waals surface area (Å²) in [6.45, 7) is 5.34. The highest BCUT2D eigenvalue weighted by Crippen LogP contribution is 2.51. The van der Waals surface area contributed by atoms with Gasteiger partial charge in [-0.15, -0.1) is 0 Å². The maximum absolute atomic E-state index is 14.9. The van der Waals surface area contributed by atoms with Gasteiger partial charge in [-0.25, -0.2) is 23.5 Å². The summed E-state index contributed by atoms with van der Waals surface area (Å²) in [5, 5.41) is 12.2. The number of nitrogens with one attached hydrogen (secondary N) is 3. The Balaban J connectivity index is 1.67. The van der Waals surface area contributed by atoms with Gasteiger partial charge in [-0.2, -0.15) is 5.10 Å². The van der Waals surface area contributed by atoms with E-state index in [9.17, 15) is 28.0 Å². The molecule has 0 aliphatic carbocycles. The van der Waals surface area contributed by atoms with E-state index in [4.69, 9.17) is 4.74 Å². The maximum Gasteiger partial charge on any atom is 0.415 e. The maximum atomic E-state index is 14.9. The van der Waals surface area contributed by atoms with Crippen molar-refractivity contribution in [1.29, 1.82) is 0 Å². The molecule has 1 spiro atoms. The van der Waals surface area contributed by atoms with Gasteiger partial charge in [-0.1, -0.05) is 12.1 Å². The minimum atomic E-state index is -1.28. The summed E-state index contributed by atoms with van der Waals surface area (Å²) >= 11 is 0. The molecule has 2 unspecified atom stereocenters. The Morgan fingerprint density at radius 2 is 1.74 bits per heavy atom. The van der Waals surface area contributed by atoms with Gasteiger partial charge in [0.1, 0.15) is 28.8 Å². The molecule has 3 aliphatic rings. The molecule has 13 heteroatoms. The Morgan fingerprint density at radius 3 is 2.33 bits per heavy atom. The van der Waals surface area contributed by atoms with Crippen LogP contribution < -0.4 is 21.1 Å². The lowest BCUT2D eigenvalue weighted by Gasteiger charge is -2.44. The molecule has 0 bridgehead atoms. The van der Waals surface area contributed by atoms with Crippen LogP contribution in [0.2, 0.25) is 0 Å². The molecule has 1 aromatic heterocycles. The predicted molar refractivity (Wildman–Crippen MR) is 134 cm³/mol. The molecule has 2 atom stereocenters. The standard InChI is InChI=1S/C26H24F2N6O5/c1-25(2,3)39-24(38)33-16-9-14(28)8-15-17(16)18(31-32-21(15)35)20(19(33)12-4-6-13(27)7-5-12)34-22(36)26(10-29-11-26)30-23(34)37/h4-9,19-20,29H,10-11H2,1-3H3,(H,30,37)(H,32,35). The Kier molecular flexibility index (Phi) is 5.31. The molecule has 39 heavy (non-hydrogen) atoms. The second-order valence-electron chi connectivity index (χ2n) is 10.9. The van der Waals surface area contributed by atoms with Gasteiger partial charge in [-0.05, 0) is 50.6 Å². The number of carbonyl (C=O) groups is 3. The molecule has 3 N–H and O–H groups in total. The number of anilines is 1. The monoisotopic (exact) mass is 538 g/mol. The zero-order valence-corrected chi connectivity index (χ0v) is 21.2. The van der Waals surface area contributed by atoms with E-state index in [2.05, 4.69) is 20.8 Å². The first-order valence-electron chi connectivity index (χ1n) is 12.3. The third-order valence-electron chi connectivity index (χ3n) is 7.10. The number of urea groups is 1. The highest BCUT2D eigenvalue weighted by atomic mass is 19.1. The van der Waals surface area contributed by atoms with Gasteiger partial charge in [0.2, 0.25) is 0 Å². The van der Waals surface area contributed by atoms with Gasteiger partial charge in [0.15, 0.2) is 0 Å². The van der Waals surface area contributed by atoms with Crippen molar-refractivity contribution < 1.29 is 27.9 Å². The molecule has 0 saturated carbocycles. The number of hydrogen-bond acceptors (Lipinski definition) is 7. The van der Waals surface area contributed by atoms with E-state index < -0.39 is 58.4 Å². The molecular formula is C26H24F2N6O5. The van der Waals surface area contributed by atoms with Crippen LogP contribution in [0.1, 0.15) is 44.1 Å². The summed E-state index contributed by atoms with van der Waals surface area (Å²) in [5.41, 5.74) is -2.54. The van der Waals surface area contributed by atoms with Crippen molar-refractivity contribution in [3.05, 3.63) is 69.6 Å². The zero-order chi connectivity index (χ0) is 27.9. The number of carbonyl (C=O) groups excluding carboxylic acids is 3. The van der Waals surface area contributed by atoms with Crippen molar-refractivity contribution in [3.63, 3.8) is 0 Å². The van der Waals surface area contributed by atoms with E-state index in [-0.39, 0.29) is 35.2 Å². The quantitative estimate of drug-likeness (QED) is 0.427. The van der Waals surface area contributed by atoms with E-state index in [1.807, 2.05) is 0 Å². The number of imide groups is 1. The third kappa shape index (κ3) is 3.75. The van der Waals surface area contributed by atoms with Crippen LogP contribution >= 0.6 is 0 Å². The summed E-state index contributed by atoms with van der Waals surface area (Å²) in [4.78, 5) is 55.8. The molecule has 0 radical (unpaired) electrons. The lowest BCUT2D eigenvalue weighted by molar-refractivity contribution is -0.135. The fourth-order valence-corrected chi connectivity index (χ4v) is 5.40. The number of H-pyrrole nitrogens is 1. The Labute approximate surface area is 220 Å². The van der Waals surface area contributed by atoms with Crippen molar-refractivity contribution in [2.24, 2.45) is 0 Å². The van der Waals surface area contributed by atoms with E-state index in [0.717, 1.165) is 21.9 Å². The van der Waals surface area contributed by atoms with E-state index in [0.29, 0.717) is 5.56 Å². The predicted octanol–water partition coefficient (Wildman–Crippen LogP) is 2.63. The van der Waals surface area contributed by atoms with Gasteiger partial charge in [0.05, 0.1) is 22.8 Å². The van der Waals surface area contributed by atoms with E-state index in [1.54, 1.807) is 20.8 Å². The number of aromatic nitrogens is 2. The van der Waals surface area contributed by atoms with Crippen molar-refractivity contribution in [3.8, 4) is 0 Å². The summed E-state index contributed by atoms with van der Waals surface area (Å²) < 4.78 is 34.6. The second kappa shape index (κ2) is 8.30. The number of halogens is 2. The molecule has 6 rings (SSSR count). The number of ether oxygens (including phenoxy) is 1. The number of benzene rings is 2. The molecule has 4 amide bonds. The van der Waals surface area contributed by atoms with Crippen molar-refractivity contribution in [2.75, 3.05) is 18.0 Å². The minimum absolute atomic E-state index is 0.0366. The SMILES string of the molecule is CC(C)(C)OC(=O)N1c2cc(F)cc3c(=O)[nH]nc(c23)C(N2C(=O)NC3(CNC3)C2=O)C1c1ccc(F)cc1. The van der Waals surface area contributed by atoms with Crippen molar-refractivity contribution >= 4 is 34.5 Å². The van der Waals surface area contributed by atoms with Crippen LogP contribution in [0.5, 0.6) is 0 Å². The van der Waals surface area contributed by atoms with Crippen LogP contribution in [-0.2, 0) is 9.53 Å². The van der Waals surface area contributed by atoms with Gasteiger partial charge in [-0.3, -0.25) is 19.4 Å². The topological polar surface area (TPSA) is 137 Å². The Morgan fingerprint density at radius 1 is 1.05 bits per heavy atom. The zero-order valence-electron chi connectivity index (χ0n) is 21.2. The number of amides is 4. The van der Waals surface area contributed by atoms with Crippen LogP contribution in [0.25, 0.3) is 10.8 Å². The van der Waals surface area contributed by atoms with E-state index in [1.165, 1.54) is 24.3 Å². The lowest BCUT2D eigenvalue weighted by atomic mass is 9.85. The molecule has 202 valence electrons. The highest BCUT2D eigenvalue weighted by molar-refractivity contribution is 6.10. The molecule has 3 aliphatic heterocycles. The molecule has 2 fully saturated rings. The summed E-state index contributed by atoms with van der Waals surface area (Å²) in [7, 11) is 0. The summed E-state index contributed by atoms with van der Waals surface area (Å²) in [6, 6.07) is 3.96. The molecular weight excluding hydrogens is 514 g/mol. The highest BCUT2D eigenvalue weighted by Gasteiger charge is 2.60. The number of hydrogen-bond donors (Lipinski definition) is 3. The van der Waals surface area contributed by atoms with Crippen LogP contribution in [0, 0.1) is 11.6 Å². The van der Waals surface area contributed by atoms with E-state index >= 15 is 0 Å². The number of rotatable bonds is 2. The average Bonchev–Trinajstić information content (AvgIpc) is 3.10. The molecule has 11 nitrogen and oxygen atoms in total. The van der Waals surface area contributed by atoms with Crippen molar-refractivity contribution in [1.82, 2.24) is 25.7 Å². The normalized spacial score (nSPS) is 21.8. The lowest BCUT2D eigenvalue weighted by Crippen LogP contribution is -2.69. The Hall–Kier alpha value is -4.39. The second-order valence-corrected chi connectivity index (χ2v) is 10.9. The van der Waals surface area contributed by atoms with Gasteiger partial charge in [0, 0.05) is 18.5 Å². The average molecular weight is 539 g/mol. The Bertz CT molecular complexity index is 1610. The number of nitrogens with zero attached hydrogens (tertiary/aromatic N) is 3. The molecule has 2 aromatic carbocycles. The van der Waals surface area contributed by atoms with Crippen LogP contribution in [-0.4, -0.2) is 57.4 Å². The fraction of sp³-hybridized carbons (Fsp3) is 0.346. The first-order valence-corrected chi connectivity index (χ1v) is 12.3. The summed E-state index contributed by atoms with van der Waals surface area (Å²) in [6.07, 6.45) is -0.924.